The summed E-state index contributed by atoms with van der Waals surface area (Å²) < 4.78 is 17.6. The van der Waals surface area contributed by atoms with Gasteiger partial charge in [-0.2, -0.15) is 0 Å². The van der Waals surface area contributed by atoms with Crippen molar-refractivity contribution in [1.29, 1.82) is 0 Å². The zero-order valence-corrected chi connectivity index (χ0v) is 17.4. The lowest BCUT2D eigenvalue weighted by atomic mass is 10.2. The van der Waals surface area contributed by atoms with E-state index in [2.05, 4.69) is 24.0 Å². The molecule has 0 N–H and O–H groups in total. The van der Waals surface area contributed by atoms with Crippen LogP contribution in [0.2, 0.25) is 0 Å². The van der Waals surface area contributed by atoms with Gasteiger partial charge in [-0.1, -0.05) is 30.3 Å². The predicted octanol–water partition coefficient (Wildman–Crippen LogP) is 5.40. The van der Waals surface area contributed by atoms with Crippen LogP contribution >= 0.6 is 0 Å². The quantitative estimate of drug-likeness (QED) is 0.351. The smallest absolute Gasteiger partial charge is 0.227 e. The average Bonchev–Trinajstić information content (AvgIpc) is 3.20. The summed E-state index contributed by atoms with van der Waals surface area (Å²) in [5.74, 6) is 2.20. The Balaban J connectivity index is 1.40. The van der Waals surface area contributed by atoms with Gasteiger partial charge in [-0.25, -0.2) is 4.98 Å². The van der Waals surface area contributed by atoms with Crippen molar-refractivity contribution in [3.63, 3.8) is 0 Å². The second kappa shape index (κ2) is 9.46. The van der Waals surface area contributed by atoms with E-state index < -0.39 is 0 Å². The van der Waals surface area contributed by atoms with Crippen LogP contribution in [-0.4, -0.2) is 37.1 Å². The van der Waals surface area contributed by atoms with E-state index in [0.29, 0.717) is 19.1 Å². The molecular weight excluding hydrogens is 376 g/mol. The molecule has 0 aliphatic heterocycles. The van der Waals surface area contributed by atoms with Crippen LogP contribution in [-0.2, 0) is 6.61 Å². The molecule has 1 heterocycles. The van der Waals surface area contributed by atoms with Gasteiger partial charge in [0.2, 0.25) is 5.89 Å². The molecule has 5 nitrogen and oxygen atoms in total. The second-order valence-corrected chi connectivity index (χ2v) is 7.45. The first-order valence-corrected chi connectivity index (χ1v) is 10.1. The van der Waals surface area contributed by atoms with Gasteiger partial charge in [-0.05, 0) is 62.5 Å². The number of ether oxygens (including phenoxy) is 2. The molecule has 30 heavy (non-hydrogen) atoms. The van der Waals surface area contributed by atoms with Crippen LogP contribution in [0.25, 0.3) is 22.6 Å². The Morgan fingerprint density at radius 1 is 0.867 bits per heavy atom. The molecule has 4 rings (SSSR count). The summed E-state index contributed by atoms with van der Waals surface area (Å²) in [4.78, 5) is 6.74. The maximum Gasteiger partial charge on any atom is 0.227 e. The molecule has 0 fully saturated rings. The van der Waals surface area contributed by atoms with Crippen molar-refractivity contribution in [3.05, 3.63) is 78.4 Å². The first kappa shape index (κ1) is 20.0. The summed E-state index contributed by atoms with van der Waals surface area (Å²) in [7, 11) is 4.12. The first-order chi connectivity index (χ1) is 14.7. The number of fused-ring (bicyclic) bond motifs is 1. The van der Waals surface area contributed by atoms with Crippen LogP contribution in [0.15, 0.2) is 77.2 Å². The fourth-order valence-electron chi connectivity index (χ4n) is 3.12. The topological polar surface area (TPSA) is 47.7 Å². The number of oxazole rings is 1. The molecule has 0 aliphatic carbocycles. The highest BCUT2D eigenvalue weighted by Gasteiger charge is 2.10. The molecule has 0 bridgehead atoms. The van der Waals surface area contributed by atoms with E-state index in [1.54, 1.807) is 0 Å². The molecule has 5 heteroatoms. The highest BCUT2D eigenvalue weighted by molar-refractivity contribution is 5.77. The Hall–Kier alpha value is -3.31. The number of nitrogens with zero attached hydrogens (tertiary/aromatic N) is 2. The number of aromatic nitrogens is 1. The fraction of sp³-hybridized carbons (Fsp3) is 0.240. The number of benzene rings is 3. The molecule has 3 aromatic carbocycles. The van der Waals surface area contributed by atoms with E-state index in [0.717, 1.165) is 46.7 Å². The minimum Gasteiger partial charge on any atom is -0.493 e. The first-order valence-electron chi connectivity index (χ1n) is 10.1. The molecule has 0 spiro atoms. The van der Waals surface area contributed by atoms with Crippen molar-refractivity contribution in [3.8, 4) is 23.0 Å². The van der Waals surface area contributed by atoms with Crippen molar-refractivity contribution >= 4 is 11.1 Å². The van der Waals surface area contributed by atoms with Gasteiger partial charge in [-0.3, -0.25) is 0 Å². The third-order valence-electron chi connectivity index (χ3n) is 4.73. The molecule has 4 aromatic rings. The largest absolute Gasteiger partial charge is 0.493 e. The van der Waals surface area contributed by atoms with Crippen LogP contribution in [0, 0.1) is 0 Å². The Labute approximate surface area is 176 Å². The van der Waals surface area contributed by atoms with E-state index in [4.69, 9.17) is 13.9 Å². The summed E-state index contributed by atoms with van der Waals surface area (Å²) in [6, 6.07) is 23.7. The summed E-state index contributed by atoms with van der Waals surface area (Å²) in [5, 5.41) is 0. The lowest BCUT2D eigenvalue weighted by Gasteiger charge is -2.10. The lowest BCUT2D eigenvalue weighted by Crippen LogP contribution is -2.15. The van der Waals surface area contributed by atoms with Gasteiger partial charge in [0.1, 0.15) is 23.6 Å². The van der Waals surface area contributed by atoms with Gasteiger partial charge in [0.15, 0.2) is 5.58 Å². The van der Waals surface area contributed by atoms with Crippen molar-refractivity contribution in [1.82, 2.24) is 9.88 Å². The van der Waals surface area contributed by atoms with Crippen molar-refractivity contribution < 1.29 is 13.9 Å². The fourth-order valence-corrected chi connectivity index (χ4v) is 3.12. The minimum absolute atomic E-state index is 0.542. The van der Waals surface area contributed by atoms with Crippen LogP contribution in [0.1, 0.15) is 12.0 Å². The van der Waals surface area contributed by atoms with Crippen LogP contribution in [0.3, 0.4) is 0 Å². The molecule has 0 atom stereocenters. The molecule has 0 amide bonds. The minimum atomic E-state index is 0.542. The van der Waals surface area contributed by atoms with E-state index in [1.807, 2.05) is 72.8 Å². The Morgan fingerprint density at radius 3 is 2.40 bits per heavy atom. The number of rotatable bonds is 9. The van der Waals surface area contributed by atoms with Crippen molar-refractivity contribution in [2.24, 2.45) is 0 Å². The molecule has 0 unspecified atom stereocenters. The maximum atomic E-state index is 5.97. The Bertz CT molecular complexity index is 1070. The molecule has 0 radical (unpaired) electrons. The summed E-state index contributed by atoms with van der Waals surface area (Å²) in [6.07, 6.45) is 0.978. The maximum absolute atomic E-state index is 5.97. The SMILES string of the molecule is CN(C)CCCOc1ccc2nc(-c3ccc(OCc4ccccc4)cc3)oc2c1. The standard InChI is InChI=1S/C25H26N2O3/c1-27(2)15-6-16-28-22-13-14-23-24(17-22)30-25(26-23)20-9-11-21(12-10-20)29-18-19-7-4-3-5-8-19/h3-5,7-14,17H,6,15-16,18H2,1-2H3. The molecule has 0 saturated carbocycles. The average molecular weight is 402 g/mol. The van der Waals surface area contributed by atoms with Crippen LogP contribution in [0.4, 0.5) is 0 Å². The van der Waals surface area contributed by atoms with Crippen LogP contribution in [0.5, 0.6) is 11.5 Å². The molecule has 1 aromatic heterocycles. The predicted molar refractivity (Wildman–Crippen MR) is 119 cm³/mol. The molecular formula is C25H26N2O3. The highest BCUT2D eigenvalue weighted by atomic mass is 16.5. The number of hydrogen-bond donors (Lipinski definition) is 0. The monoisotopic (exact) mass is 402 g/mol. The van der Waals surface area contributed by atoms with Gasteiger partial charge >= 0.3 is 0 Å². The van der Waals surface area contributed by atoms with Gasteiger partial charge in [0.05, 0.1) is 6.61 Å². The third-order valence-corrected chi connectivity index (χ3v) is 4.73. The van der Waals surface area contributed by atoms with Gasteiger partial charge in [-0.15, -0.1) is 0 Å². The van der Waals surface area contributed by atoms with E-state index in [1.165, 1.54) is 0 Å². The number of hydrogen-bond acceptors (Lipinski definition) is 5. The van der Waals surface area contributed by atoms with Crippen LogP contribution < -0.4 is 9.47 Å². The normalized spacial score (nSPS) is 11.2. The third kappa shape index (κ3) is 5.19. The second-order valence-electron chi connectivity index (χ2n) is 7.45. The lowest BCUT2D eigenvalue weighted by molar-refractivity contribution is 0.281. The molecule has 0 saturated heterocycles. The zero-order valence-electron chi connectivity index (χ0n) is 17.4. The van der Waals surface area contributed by atoms with Gasteiger partial charge in [0.25, 0.3) is 0 Å². The van der Waals surface area contributed by atoms with E-state index in [9.17, 15) is 0 Å². The summed E-state index contributed by atoms with van der Waals surface area (Å²) in [6.45, 7) is 2.22. The van der Waals surface area contributed by atoms with Gasteiger partial charge < -0.3 is 18.8 Å². The molecule has 154 valence electrons. The zero-order chi connectivity index (χ0) is 20.8. The van der Waals surface area contributed by atoms with Crippen molar-refractivity contribution in [2.75, 3.05) is 27.2 Å². The van der Waals surface area contributed by atoms with E-state index >= 15 is 0 Å². The molecule has 0 aliphatic rings. The Morgan fingerprint density at radius 2 is 1.63 bits per heavy atom. The van der Waals surface area contributed by atoms with Crippen molar-refractivity contribution in [2.45, 2.75) is 13.0 Å². The van der Waals surface area contributed by atoms with Gasteiger partial charge in [0, 0.05) is 18.2 Å². The summed E-state index contributed by atoms with van der Waals surface area (Å²) in [5.41, 5.74) is 3.58. The highest BCUT2D eigenvalue weighted by Crippen LogP contribution is 2.28. The van der Waals surface area contributed by atoms with E-state index in [-0.39, 0.29) is 0 Å². The Kier molecular flexibility index (Phi) is 6.30. The summed E-state index contributed by atoms with van der Waals surface area (Å²) >= 11 is 0.